The Kier molecular flexibility index (Phi) is 4.28. The van der Waals surface area contributed by atoms with E-state index in [9.17, 15) is 10.0 Å². The fraction of sp³-hybridized carbons (Fsp3) is 0.941. The monoisotopic (exact) mass is 295 g/mol. The van der Waals surface area contributed by atoms with Gasteiger partial charge in [-0.05, 0) is 38.0 Å². The number of hydrogen-bond donors (Lipinski definition) is 0. The molecule has 120 valence electrons. The normalized spacial score (nSPS) is 45.0. The Bertz CT molecular complexity index is 399. The van der Waals surface area contributed by atoms with E-state index in [1.54, 1.807) is 0 Å². The van der Waals surface area contributed by atoms with Gasteiger partial charge in [-0.1, -0.05) is 13.8 Å². The quantitative estimate of drug-likeness (QED) is 0.456. The number of rotatable bonds is 3. The summed E-state index contributed by atoms with van der Waals surface area (Å²) in [6, 6.07) is 0.303. The lowest BCUT2D eigenvalue weighted by atomic mass is 9.79. The van der Waals surface area contributed by atoms with Crippen LogP contribution in [0.2, 0.25) is 0 Å². The average molecular weight is 295 g/mol. The van der Waals surface area contributed by atoms with Crippen molar-refractivity contribution in [2.45, 2.75) is 70.9 Å². The van der Waals surface area contributed by atoms with E-state index in [0.29, 0.717) is 17.9 Å². The third kappa shape index (κ3) is 2.98. The molecule has 3 fully saturated rings. The molecule has 0 bridgehead atoms. The van der Waals surface area contributed by atoms with Gasteiger partial charge in [-0.3, -0.25) is 4.79 Å². The molecular formula is C17H29NO3. The average Bonchev–Trinajstić information content (AvgIpc) is 2.89. The second kappa shape index (κ2) is 5.88. The Labute approximate surface area is 128 Å². The first-order valence-corrected chi connectivity index (χ1v) is 8.78. The Balaban J connectivity index is 1.65. The smallest absolute Gasteiger partial charge is 0.309 e. The Hall–Kier alpha value is -0.610. The van der Waals surface area contributed by atoms with Crippen LogP contribution in [0, 0.1) is 23.0 Å². The summed E-state index contributed by atoms with van der Waals surface area (Å²) >= 11 is 0. The van der Waals surface area contributed by atoms with Gasteiger partial charge in [-0.15, -0.1) is 0 Å². The van der Waals surface area contributed by atoms with Crippen LogP contribution in [0.25, 0.3) is 0 Å². The highest BCUT2D eigenvalue weighted by Gasteiger charge is 2.44. The highest BCUT2D eigenvalue weighted by molar-refractivity contribution is 5.74. The molecule has 0 aromatic heterocycles. The van der Waals surface area contributed by atoms with Crippen molar-refractivity contribution in [3.05, 3.63) is 5.21 Å². The lowest BCUT2D eigenvalue weighted by Gasteiger charge is -2.47. The fourth-order valence-corrected chi connectivity index (χ4v) is 4.98. The van der Waals surface area contributed by atoms with Crippen LogP contribution in [0.15, 0.2) is 0 Å². The van der Waals surface area contributed by atoms with Gasteiger partial charge in [0.2, 0.25) is 0 Å². The zero-order chi connectivity index (χ0) is 15.0. The van der Waals surface area contributed by atoms with Crippen LogP contribution in [0.1, 0.15) is 58.8 Å². The molecule has 0 N–H and O–H groups in total. The molecule has 0 radical (unpaired) electrons. The number of quaternary nitrogens is 1. The van der Waals surface area contributed by atoms with Gasteiger partial charge < -0.3 is 14.6 Å². The number of nitrogens with zero attached hydrogens (tertiary/aromatic N) is 1. The van der Waals surface area contributed by atoms with Crippen LogP contribution in [-0.2, 0) is 9.53 Å². The number of fused-ring (bicyclic) bond motifs is 1. The number of ether oxygens (including phenoxy) is 1. The lowest BCUT2D eigenvalue weighted by Crippen LogP contribution is -2.50. The van der Waals surface area contributed by atoms with Crippen molar-refractivity contribution in [1.82, 2.24) is 0 Å². The van der Waals surface area contributed by atoms with Gasteiger partial charge in [0.05, 0.1) is 25.0 Å². The molecule has 3 aliphatic heterocycles. The predicted octanol–water partition coefficient (Wildman–Crippen LogP) is 3.24. The van der Waals surface area contributed by atoms with Gasteiger partial charge in [0, 0.05) is 18.8 Å². The Morgan fingerprint density at radius 3 is 2.76 bits per heavy atom. The summed E-state index contributed by atoms with van der Waals surface area (Å²) in [7, 11) is 0. The first-order valence-electron chi connectivity index (χ1n) is 8.78. The summed E-state index contributed by atoms with van der Waals surface area (Å²) in [5.74, 6) is 1.02. The fourth-order valence-electron chi connectivity index (χ4n) is 4.98. The van der Waals surface area contributed by atoms with E-state index in [4.69, 9.17) is 4.74 Å². The van der Waals surface area contributed by atoms with Gasteiger partial charge in [-0.2, -0.15) is 0 Å². The van der Waals surface area contributed by atoms with Crippen molar-refractivity contribution < 1.29 is 14.2 Å². The molecule has 6 unspecified atom stereocenters. The highest BCUT2D eigenvalue weighted by atomic mass is 16.6. The van der Waals surface area contributed by atoms with Gasteiger partial charge in [-0.25, -0.2) is 0 Å². The molecule has 0 amide bonds. The predicted molar refractivity (Wildman–Crippen MR) is 81.2 cm³/mol. The van der Waals surface area contributed by atoms with Crippen LogP contribution >= 0.6 is 0 Å². The maximum absolute atomic E-state index is 13.0. The number of hydrogen-bond acceptors (Lipinski definition) is 3. The number of cyclic esters (lactones) is 1. The molecule has 0 spiro atoms. The zero-order valence-corrected chi connectivity index (χ0v) is 13.4. The number of hydroxylamine groups is 3. The van der Waals surface area contributed by atoms with Crippen LogP contribution in [0.5, 0.6) is 0 Å². The van der Waals surface area contributed by atoms with Gasteiger partial charge >= 0.3 is 5.97 Å². The molecule has 0 saturated carbocycles. The minimum Gasteiger partial charge on any atom is -0.633 e. The summed E-state index contributed by atoms with van der Waals surface area (Å²) in [6.07, 6.45) is 7.53. The molecule has 0 aromatic rings. The Morgan fingerprint density at radius 1 is 1.29 bits per heavy atom. The maximum Gasteiger partial charge on any atom is 0.309 e. The Morgan fingerprint density at radius 2 is 2.05 bits per heavy atom. The van der Waals surface area contributed by atoms with E-state index < -0.39 is 0 Å². The zero-order valence-electron chi connectivity index (χ0n) is 13.4. The largest absolute Gasteiger partial charge is 0.633 e. The standard InChI is InChI=1S/C17H29NO3/c1-12(10-14-11-13(2)17(19)21-14)15-6-3-4-8-18(20)9-5-7-16(15)18/h12-16H,3-11H2,1-2H3. The summed E-state index contributed by atoms with van der Waals surface area (Å²) in [4.78, 5) is 11.6. The van der Waals surface area contributed by atoms with E-state index in [1.165, 1.54) is 12.8 Å². The topological polar surface area (TPSA) is 49.4 Å². The lowest BCUT2D eigenvalue weighted by molar-refractivity contribution is -0.895. The van der Waals surface area contributed by atoms with Gasteiger partial charge in [0.1, 0.15) is 6.10 Å². The maximum atomic E-state index is 13.0. The number of carbonyl (C=O) groups is 1. The van der Waals surface area contributed by atoms with E-state index in [0.717, 1.165) is 45.2 Å². The molecule has 3 rings (SSSR count). The summed E-state index contributed by atoms with van der Waals surface area (Å²) in [5.41, 5.74) is 0. The van der Waals surface area contributed by atoms with Gasteiger partial charge in [0.25, 0.3) is 0 Å². The summed E-state index contributed by atoms with van der Waals surface area (Å²) < 4.78 is 5.55. The van der Waals surface area contributed by atoms with Crippen LogP contribution < -0.4 is 0 Å². The van der Waals surface area contributed by atoms with Crippen molar-refractivity contribution in [2.75, 3.05) is 13.1 Å². The molecule has 4 nitrogen and oxygen atoms in total. The number of carbonyl (C=O) groups excluding carboxylic acids is 1. The second-order valence-corrected chi connectivity index (χ2v) is 7.68. The molecule has 21 heavy (non-hydrogen) atoms. The molecule has 3 heterocycles. The van der Waals surface area contributed by atoms with E-state index in [-0.39, 0.29) is 22.6 Å². The van der Waals surface area contributed by atoms with Crippen molar-refractivity contribution >= 4 is 5.97 Å². The van der Waals surface area contributed by atoms with E-state index in [1.807, 2.05) is 6.92 Å². The molecule has 0 aliphatic carbocycles. The van der Waals surface area contributed by atoms with Crippen LogP contribution in [-0.4, -0.2) is 35.9 Å². The molecule has 4 heteroatoms. The molecule has 3 saturated heterocycles. The van der Waals surface area contributed by atoms with Crippen LogP contribution in [0.3, 0.4) is 0 Å². The minimum atomic E-state index is -0.0390. The van der Waals surface area contributed by atoms with E-state index in [2.05, 4.69) is 6.92 Å². The first-order chi connectivity index (χ1) is 9.99. The highest BCUT2D eigenvalue weighted by Crippen LogP contribution is 2.42. The molecular weight excluding hydrogens is 266 g/mol. The van der Waals surface area contributed by atoms with Crippen LogP contribution in [0.4, 0.5) is 0 Å². The van der Waals surface area contributed by atoms with Crippen molar-refractivity contribution in [3.8, 4) is 0 Å². The third-order valence-electron chi connectivity index (χ3n) is 6.13. The second-order valence-electron chi connectivity index (χ2n) is 7.68. The number of esters is 1. The van der Waals surface area contributed by atoms with Crippen molar-refractivity contribution in [1.29, 1.82) is 0 Å². The summed E-state index contributed by atoms with van der Waals surface area (Å²) in [5, 5.41) is 13.0. The molecule has 3 aliphatic rings. The SMILES string of the molecule is CC1CC(CC(C)C2CCCC[N+]3([O-])CCCC23)OC1=O. The molecule has 6 atom stereocenters. The van der Waals surface area contributed by atoms with Gasteiger partial charge in [0.15, 0.2) is 0 Å². The van der Waals surface area contributed by atoms with E-state index >= 15 is 0 Å². The first kappa shape index (κ1) is 15.3. The molecule has 0 aromatic carbocycles. The minimum absolute atomic E-state index is 0.0390. The van der Waals surface area contributed by atoms with Crippen molar-refractivity contribution in [3.63, 3.8) is 0 Å². The summed E-state index contributed by atoms with van der Waals surface area (Å²) in [6.45, 7) is 5.87. The third-order valence-corrected chi connectivity index (χ3v) is 6.13. The van der Waals surface area contributed by atoms with Crippen molar-refractivity contribution in [2.24, 2.45) is 17.8 Å².